The molecule has 0 radical (unpaired) electrons. The van der Waals surface area contributed by atoms with Crippen molar-refractivity contribution in [3.63, 3.8) is 0 Å². The van der Waals surface area contributed by atoms with Crippen molar-refractivity contribution in [1.82, 2.24) is 9.78 Å². The zero-order chi connectivity index (χ0) is 11.9. The molecule has 4 heteroatoms. The summed E-state index contributed by atoms with van der Waals surface area (Å²) >= 11 is 1.88. The molecule has 0 atom stereocenters. The first-order valence-electron chi connectivity index (χ1n) is 5.73. The molecule has 0 aliphatic heterocycles. The van der Waals surface area contributed by atoms with Crippen molar-refractivity contribution in [1.29, 1.82) is 0 Å². The summed E-state index contributed by atoms with van der Waals surface area (Å²) in [5, 5.41) is 7.65. The number of aromatic nitrogens is 2. The molecular weight excluding hydrogens is 230 g/mol. The Morgan fingerprint density at radius 1 is 1.35 bits per heavy atom. The zero-order valence-electron chi connectivity index (χ0n) is 9.97. The van der Waals surface area contributed by atoms with Crippen LogP contribution in [0.5, 0.6) is 0 Å². The van der Waals surface area contributed by atoms with E-state index in [1.54, 1.807) is 6.20 Å². The molecule has 0 fully saturated rings. The summed E-state index contributed by atoms with van der Waals surface area (Å²) in [5.41, 5.74) is 2.24. The minimum atomic E-state index is 1.02. The van der Waals surface area contributed by atoms with Gasteiger partial charge in [0.2, 0.25) is 0 Å². The molecule has 1 aromatic heterocycles. The lowest BCUT2D eigenvalue weighted by molar-refractivity contribution is 0.880. The van der Waals surface area contributed by atoms with Crippen LogP contribution >= 0.6 is 11.8 Å². The molecule has 1 heterocycles. The van der Waals surface area contributed by atoms with Crippen LogP contribution in [0.3, 0.4) is 0 Å². The van der Waals surface area contributed by atoms with E-state index in [1.165, 1.54) is 12.2 Å². The molecule has 0 spiro atoms. The van der Waals surface area contributed by atoms with E-state index < -0.39 is 0 Å². The molecule has 1 N–H and O–H groups in total. The maximum atomic E-state index is 4.22. The second-order valence-corrected chi connectivity index (χ2v) is 4.76. The zero-order valence-corrected chi connectivity index (χ0v) is 10.8. The minimum Gasteiger partial charge on any atom is -0.385 e. The Morgan fingerprint density at radius 3 is 3.06 bits per heavy atom. The number of rotatable bonds is 6. The third-order valence-corrected chi connectivity index (χ3v) is 3.17. The van der Waals surface area contributed by atoms with Gasteiger partial charge in [0.15, 0.2) is 0 Å². The maximum Gasteiger partial charge on any atom is 0.0666 e. The molecule has 0 saturated carbocycles. The third-order valence-electron chi connectivity index (χ3n) is 2.47. The van der Waals surface area contributed by atoms with Crippen molar-refractivity contribution in [2.45, 2.75) is 6.42 Å². The first-order valence-corrected chi connectivity index (χ1v) is 7.12. The Labute approximate surface area is 106 Å². The highest BCUT2D eigenvalue weighted by Crippen LogP contribution is 2.13. The van der Waals surface area contributed by atoms with Gasteiger partial charge in [-0.05, 0) is 42.7 Å². The fourth-order valence-corrected chi connectivity index (χ4v) is 2.06. The van der Waals surface area contributed by atoms with Crippen molar-refractivity contribution >= 4 is 17.4 Å². The second-order valence-electron chi connectivity index (χ2n) is 3.77. The number of nitrogens with zero attached hydrogens (tertiary/aromatic N) is 2. The number of thioether (sulfide) groups is 1. The van der Waals surface area contributed by atoms with Gasteiger partial charge in [-0.25, -0.2) is 4.68 Å². The molecular formula is C13H17N3S. The largest absolute Gasteiger partial charge is 0.385 e. The van der Waals surface area contributed by atoms with Gasteiger partial charge >= 0.3 is 0 Å². The van der Waals surface area contributed by atoms with E-state index in [1.807, 2.05) is 34.8 Å². The van der Waals surface area contributed by atoms with Crippen LogP contribution in [0, 0.1) is 0 Å². The van der Waals surface area contributed by atoms with Crippen LogP contribution in [0.25, 0.3) is 5.69 Å². The summed E-state index contributed by atoms with van der Waals surface area (Å²) < 4.78 is 1.87. The molecule has 0 aliphatic rings. The average Bonchev–Trinajstić information content (AvgIpc) is 2.89. The molecule has 3 nitrogen and oxygen atoms in total. The Kier molecular flexibility index (Phi) is 4.50. The normalized spacial score (nSPS) is 10.4. The quantitative estimate of drug-likeness (QED) is 0.796. The van der Waals surface area contributed by atoms with Crippen LogP contribution in [0.4, 0.5) is 5.69 Å². The number of hydrogen-bond acceptors (Lipinski definition) is 3. The number of benzene rings is 1. The van der Waals surface area contributed by atoms with E-state index in [0.717, 1.165) is 17.9 Å². The Morgan fingerprint density at radius 2 is 2.29 bits per heavy atom. The smallest absolute Gasteiger partial charge is 0.0666 e. The topological polar surface area (TPSA) is 29.9 Å². The van der Waals surface area contributed by atoms with Gasteiger partial charge in [-0.2, -0.15) is 16.9 Å². The van der Waals surface area contributed by atoms with E-state index in [0.29, 0.717) is 0 Å². The molecule has 90 valence electrons. The molecule has 17 heavy (non-hydrogen) atoms. The van der Waals surface area contributed by atoms with E-state index >= 15 is 0 Å². The molecule has 0 unspecified atom stereocenters. The van der Waals surface area contributed by atoms with Crippen LogP contribution in [0.1, 0.15) is 6.42 Å². The van der Waals surface area contributed by atoms with Gasteiger partial charge < -0.3 is 5.32 Å². The van der Waals surface area contributed by atoms with Crippen LogP contribution in [0.15, 0.2) is 42.7 Å². The van der Waals surface area contributed by atoms with Crippen molar-refractivity contribution in [3.05, 3.63) is 42.7 Å². The van der Waals surface area contributed by atoms with Gasteiger partial charge in [-0.15, -0.1) is 0 Å². The van der Waals surface area contributed by atoms with Crippen molar-refractivity contribution in [2.24, 2.45) is 0 Å². The van der Waals surface area contributed by atoms with Crippen LogP contribution in [-0.2, 0) is 0 Å². The second kappa shape index (κ2) is 6.35. The van der Waals surface area contributed by atoms with E-state index in [9.17, 15) is 0 Å². The summed E-state index contributed by atoms with van der Waals surface area (Å²) in [7, 11) is 0. The number of hydrogen-bond donors (Lipinski definition) is 1. The van der Waals surface area contributed by atoms with Gasteiger partial charge in [-0.3, -0.25) is 0 Å². The maximum absolute atomic E-state index is 4.22. The van der Waals surface area contributed by atoms with Crippen molar-refractivity contribution in [2.75, 3.05) is 23.9 Å². The lowest BCUT2D eigenvalue weighted by Gasteiger charge is -2.08. The molecule has 2 rings (SSSR count). The highest BCUT2D eigenvalue weighted by molar-refractivity contribution is 7.98. The summed E-state index contributed by atoms with van der Waals surface area (Å²) in [6, 6.07) is 10.2. The number of anilines is 1. The summed E-state index contributed by atoms with van der Waals surface area (Å²) in [6.45, 7) is 1.02. The third kappa shape index (κ3) is 3.53. The molecule has 0 saturated heterocycles. The Balaban J connectivity index is 1.97. The Bertz CT molecular complexity index is 440. The fourth-order valence-electron chi connectivity index (χ4n) is 1.63. The summed E-state index contributed by atoms with van der Waals surface area (Å²) in [5.74, 6) is 1.20. The lowest BCUT2D eigenvalue weighted by atomic mass is 10.2. The number of nitrogens with one attached hydrogen (secondary N) is 1. The van der Waals surface area contributed by atoms with Gasteiger partial charge in [0.05, 0.1) is 5.69 Å². The minimum absolute atomic E-state index is 1.02. The summed E-state index contributed by atoms with van der Waals surface area (Å²) in [6.07, 6.45) is 7.07. The van der Waals surface area contributed by atoms with Gasteiger partial charge in [0.25, 0.3) is 0 Å². The highest BCUT2D eigenvalue weighted by atomic mass is 32.2. The average molecular weight is 247 g/mol. The standard InChI is InChI=1S/C13H17N3S/c1-17-10-4-7-14-12-5-2-6-13(11-12)16-9-3-8-15-16/h2-3,5-6,8-9,11,14H,4,7,10H2,1H3. The van der Waals surface area contributed by atoms with Crippen LogP contribution in [-0.4, -0.2) is 28.3 Å². The first kappa shape index (κ1) is 12.0. The van der Waals surface area contributed by atoms with Gasteiger partial charge in [0, 0.05) is 24.6 Å². The predicted molar refractivity (Wildman–Crippen MR) is 75.1 cm³/mol. The predicted octanol–water partition coefficient (Wildman–Crippen LogP) is 3.04. The van der Waals surface area contributed by atoms with Crippen molar-refractivity contribution in [3.8, 4) is 5.69 Å². The lowest BCUT2D eigenvalue weighted by Crippen LogP contribution is -2.03. The van der Waals surface area contributed by atoms with Crippen LogP contribution < -0.4 is 5.32 Å². The van der Waals surface area contributed by atoms with Crippen molar-refractivity contribution < 1.29 is 0 Å². The van der Waals surface area contributed by atoms with Crippen LogP contribution in [0.2, 0.25) is 0 Å². The first-order chi connectivity index (χ1) is 8.40. The SMILES string of the molecule is CSCCCNc1cccc(-n2cccn2)c1. The van der Waals surface area contributed by atoms with E-state index in [-0.39, 0.29) is 0 Å². The monoisotopic (exact) mass is 247 g/mol. The molecule has 0 amide bonds. The van der Waals surface area contributed by atoms with Gasteiger partial charge in [-0.1, -0.05) is 6.07 Å². The molecule has 1 aromatic carbocycles. The molecule has 2 aromatic rings. The fraction of sp³-hybridized carbons (Fsp3) is 0.308. The summed E-state index contributed by atoms with van der Waals surface area (Å²) in [4.78, 5) is 0. The molecule has 0 aliphatic carbocycles. The van der Waals surface area contributed by atoms with E-state index in [4.69, 9.17) is 0 Å². The molecule has 0 bridgehead atoms. The van der Waals surface area contributed by atoms with E-state index in [2.05, 4.69) is 34.9 Å². The Hall–Kier alpha value is -1.42. The highest BCUT2D eigenvalue weighted by Gasteiger charge is 1.97. The van der Waals surface area contributed by atoms with Gasteiger partial charge in [0.1, 0.15) is 0 Å².